The highest BCUT2D eigenvalue weighted by molar-refractivity contribution is 9.10. The molecular formula is C19H20BrClFN5O. The molecule has 0 atom stereocenters. The minimum atomic E-state index is -0.383. The average molecular weight is 469 g/mol. The fourth-order valence-electron chi connectivity index (χ4n) is 2.92. The fourth-order valence-corrected chi connectivity index (χ4v) is 3.44. The van der Waals surface area contributed by atoms with E-state index in [0.717, 1.165) is 15.9 Å². The molecule has 9 heteroatoms. The smallest absolute Gasteiger partial charge is 0.226 e. The number of aromatic nitrogens is 4. The molecule has 148 valence electrons. The first kappa shape index (κ1) is 20.5. The van der Waals surface area contributed by atoms with Crippen LogP contribution in [0.1, 0.15) is 29.1 Å². The number of benzene rings is 1. The van der Waals surface area contributed by atoms with Crippen molar-refractivity contribution in [3.63, 3.8) is 0 Å². The number of amides is 1. The van der Waals surface area contributed by atoms with Gasteiger partial charge in [0.15, 0.2) is 0 Å². The van der Waals surface area contributed by atoms with Gasteiger partial charge in [-0.15, -0.1) is 0 Å². The van der Waals surface area contributed by atoms with Gasteiger partial charge in [-0.05, 0) is 48.8 Å². The highest BCUT2D eigenvalue weighted by atomic mass is 79.9. The number of hydrogen-bond donors (Lipinski definition) is 1. The molecule has 1 aromatic carbocycles. The van der Waals surface area contributed by atoms with Crippen molar-refractivity contribution >= 4 is 39.1 Å². The SMILES string of the molecule is Cc1nn(Cc2c(F)cccc2Cl)c(C)c1NC(=O)CCn1ncc(Br)c1C. The molecular weight excluding hydrogens is 449 g/mol. The first-order valence-electron chi connectivity index (χ1n) is 8.72. The zero-order valence-electron chi connectivity index (χ0n) is 15.8. The zero-order chi connectivity index (χ0) is 20.4. The molecule has 0 fully saturated rings. The molecule has 1 amide bonds. The maximum atomic E-state index is 14.1. The van der Waals surface area contributed by atoms with Gasteiger partial charge in [-0.2, -0.15) is 10.2 Å². The van der Waals surface area contributed by atoms with Gasteiger partial charge in [0.05, 0.1) is 40.8 Å². The Morgan fingerprint density at radius 1 is 1.25 bits per heavy atom. The van der Waals surface area contributed by atoms with Gasteiger partial charge in [0, 0.05) is 22.7 Å². The lowest BCUT2D eigenvalue weighted by atomic mass is 10.2. The van der Waals surface area contributed by atoms with Gasteiger partial charge in [-0.1, -0.05) is 17.7 Å². The van der Waals surface area contributed by atoms with Crippen LogP contribution >= 0.6 is 27.5 Å². The van der Waals surface area contributed by atoms with Crippen LogP contribution in [0.5, 0.6) is 0 Å². The van der Waals surface area contributed by atoms with Crippen molar-refractivity contribution in [1.29, 1.82) is 0 Å². The molecule has 0 unspecified atom stereocenters. The number of nitrogens with zero attached hydrogens (tertiary/aromatic N) is 4. The number of rotatable bonds is 6. The van der Waals surface area contributed by atoms with Gasteiger partial charge in [-0.25, -0.2) is 4.39 Å². The Kier molecular flexibility index (Phi) is 6.20. The number of nitrogens with one attached hydrogen (secondary N) is 1. The molecule has 0 bridgehead atoms. The second-order valence-corrected chi connectivity index (χ2v) is 7.76. The standard InChI is InChI=1S/C19H20BrClFN5O/c1-11-19(24-18(28)7-8-26-12(2)15(20)9-23-26)13(3)27(25-11)10-14-16(21)5-4-6-17(14)22/h4-6,9H,7-8,10H2,1-3H3,(H,24,28). The summed E-state index contributed by atoms with van der Waals surface area (Å²) in [5.41, 5.74) is 3.37. The molecule has 0 saturated carbocycles. The lowest BCUT2D eigenvalue weighted by Crippen LogP contribution is -2.16. The number of carbonyl (C=O) groups is 1. The summed E-state index contributed by atoms with van der Waals surface area (Å²) in [6.45, 7) is 6.23. The van der Waals surface area contributed by atoms with E-state index >= 15 is 0 Å². The van der Waals surface area contributed by atoms with Crippen molar-refractivity contribution in [2.45, 2.75) is 40.3 Å². The van der Waals surface area contributed by atoms with Crippen molar-refractivity contribution < 1.29 is 9.18 Å². The highest BCUT2D eigenvalue weighted by Crippen LogP contribution is 2.24. The molecule has 0 aliphatic carbocycles. The van der Waals surface area contributed by atoms with Crippen LogP contribution in [0.4, 0.5) is 10.1 Å². The van der Waals surface area contributed by atoms with E-state index in [1.165, 1.54) is 6.07 Å². The molecule has 0 radical (unpaired) electrons. The molecule has 1 N–H and O–H groups in total. The monoisotopic (exact) mass is 467 g/mol. The molecule has 6 nitrogen and oxygen atoms in total. The fraction of sp³-hybridized carbons (Fsp3) is 0.316. The molecule has 0 aliphatic heterocycles. The number of carbonyl (C=O) groups excluding carboxylic acids is 1. The summed E-state index contributed by atoms with van der Waals surface area (Å²) in [5, 5.41) is 11.9. The normalized spacial score (nSPS) is 11.1. The summed E-state index contributed by atoms with van der Waals surface area (Å²) < 4.78 is 18.4. The van der Waals surface area contributed by atoms with E-state index in [9.17, 15) is 9.18 Å². The molecule has 2 heterocycles. The van der Waals surface area contributed by atoms with E-state index in [1.807, 2.05) is 13.8 Å². The second kappa shape index (κ2) is 8.45. The molecule has 28 heavy (non-hydrogen) atoms. The Morgan fingerprint density at radius 3 is 2.64 bits per heavy atom. The molecule has 0 saturated heterocycles. The summed E-state index contributed by atoms with van der Waals surface area (Å²) in [5.74, 6) is -0.521. The Bertz CT molecular complexity index is 1010. The quantitative estimate of drug-likeness (QED) is 0.573. The average Bonchev–Trinajstić information content (AvgIpc) is 3.10. The Morgan fingerprint density at radius 2 is 2.00 bits per heavy atom. The predicted octanol–water partition coefficient (Wildman–Crippen LogP) is 4.64. The van der Waals surface area contributed by atoms with E-state index in [0.29, 0.717) is 28.5 Å². The summed E-state index contributed by atoms with van der Waals surface area (Å²) >= 11 is 9.52. The largest absolute Gasteiger partial charge is 0.323 e. The van der Waals surface area contributed by atoms with Crippen molar-refractivity contribution in [3.8, 4) is 0 Å². The lowest BCUT2D eigenvalue weighted by Gasteiger charge is -2.09. The third-order valence-electron chi connectivity index (χ3n) is 4.61. The van der Waals surface area contributed by atoms with Crippen LogP contribution in [0, 0.1) is 26.6 Å². The third-order valence-corrected chi connectivity index (χ3v) is 5.74. The summed E-state index contributed by atoms with van der Waals surface area (Å²) in [6, 6.07) is 4.57. The minimum absolute atomic E-state index is 0.138. The van der Waals surface area contributed by atoms with E-state index < -0.39 is 0 Å². The van der Waals surface area contributed by atoms with Gasteiger partial charge in [0.2, 0.25) is 5.91 Å². The van der Waals surface area contributed by atoms with Crippen LogP contribution in [0.25, 0.3) is 0 Å². The number of anilines is 1. The van der Waals surface area contributed by atoms with Gasteiger partial charge in [-0.3, -0.25) is 14.2 Å². The third kappa shape index (κ3) is 4.28. The summed E-state index contributed by atoms with van der Waals surface area (Å²) in [6.07, 6.45) is 1.98. The summed E-state index contributed by atoms with van der Waals surface area (Å²) in [4.78, 5) is 12.4. The minimum Gasteiger partial charge on any atom is -0.323 e. The first-order valence-corrected chi connectivity index (χ1v) is 9.89. The maximum absolute atomic E-state index is 14.1. The van der Waals surface area contributed by atoms with E-state index in [4.69, 9.17) is 11.6 Å². The number of hydrogen-bond acceptors (Lipinski definition) is 3. The van der Waals surface area contributed by atoms with Gasteiger partial charge >= 0.3 is 0 Å². The van der Waals surface area contributed by atoms with Gasteiger partial charge < -0.3 is 5.32 Å². The highest BCUT2D eigenvalue weighted by Gasteiger charge is 2.17. The van der Waals surface area contributed by atoms with Crippen molar-refractivity contribution in [3.05, 3.63) is 62.4 Å². The Labute approximate surface area is 175 Å². The Balaban J connectivity index is 1.71. The van der Waals surface area contributed by atoms with Gasteiger partial charge in [0.25, 0.3) is 0 Å². The molecule has 2 aromatic heterocycles. The zero-order valence-corrected chi connectivity index (χ0v) is 18.1. The number of aryl methyl sites for hydroxylation is 2. The molecule has 0 spiro atoms. The van der Waals surface area contributed by atoms with E-state index in [2.05, 4.69) is 31.4 Å². The number of halogens is 3. The molecule has 3 aromatic rings. The van der Waals surface area contributed by atoms with Gasteiger partial charge in [0.1, 0.15) is 5.82 Å². The topological polar surface area (TPSA) is 64.7 Å². The van der Waals surface area contributed by atoms with Crippen LogP contribution in [-0.4, -0.2) is 25.5 Å². The van der Waals surface area contributed by atoms with E-state index in [1.54, 1.807) is 34.6 Å². The summed E-state index contributed by atoms with van der Waals surface area (Å²) in [7, 11) is 0. The van der Waals surface area contributed by atoms with E-state index in [-0.39, 0.29) is 24.7 Å². The van der Waals surface area contributed by atoms with Crippen LogP contribution in [-0.2, 0) is 17.9 Å². The van der Waals surface area contributed by atoms with Crippen LogP contribution < -0.4 is 5.32 Å². The molecule has 0 aliphatic rings. The van der Waals surface area contributed by atoms with Crippen LogP contribution in [0.15, 0.2) is 28.9 Å². The van der Waals surface area contributed by atoms with Crippen LogP contribution in [0.2, 0.25) is 5.02 Å². The maximum Gasteiger partial charge on any atom is 0.226 e. The van der Waals surface area contributed by atoms with Crippen molar-refractivity contribution in [2.75, 3.05) is 5.32 Å². The Hall–Kier alpha value is -2.19. The molecule has 3 rings (SSSR count). The van der Waals surface area contributed by atoms with Crippen molar-refractivity contribution in [1.82, 2.24) is 19.6 Å². The second-order valence-electron chi connectivity index (χ2n) is 6.50. The van der Waals surface area contributed by atoms with Crippen molar-refractivity contribution in [2.24, 2.45) is 0 Å². The first-order chi connectivity index (χ1) is 13.3. The predicted molar refractivity (Wildman–Crippen MR) is 110 cm³/mol. The lowest BCUT2D eigenvalue weighted by molar-refractivity contribution is -0.116. The van der Waals surface area contributed by atoms with Crippen LogP contribution in [0.3, 0.4) is 0 Å².